The number of nitrogens with one attached hydrogen (secondary N) is 1. The highest BCUT2D eigenvalue weighted by Crippen LogP contribution is 2.16. The van der Waals surface area contributed by atoms with Crippen LogP contribution in [0.3, 0.4) is 0 Å². The Hall–Kier alpha value is -1.39. The number of benzene rings is 1. The van der Waals surface area contributed by atoms with E-state index in [0.29, 0.717) is 22.4 Å². The molecular weight excluding hydrogens is 256 g/mol. The van der Waals surface area contributed by atoms with Gasteiger partial charge in [-0.1, -0.05) is 23.7 Å². The maximum absolute atomic E-state index is 11.9. The molecule has 0 bridgehead atoms. The number of likely N-dealkylation sites (N-methyl/N-ethyl adjacent to an activating group) is 1. The molecule has 0 atom stereocenters. The van der Waals surface area contributed by atoms with E-state index in [0.717, 1.165) is 5.56 Å². The molecule has 1 aliphatic rings. The fraction of sp³-hybridized carbons (Fsp3) is 0.167. The highest BCUT2D eigenvalue weighted by Gasteiger charge is 2.28. The standard InChI is InChI=1S/C12H11ClN2OS/c1-2-15-11(16)10(14-12(15)17)7-8-4-3-5-9(13)6-8/h3-7H,2H2,1H3,(H,14,17)/b10-7+. The zero-order valence-electron chi connectivity index (χ0n) is 9.24. The molecule has 5 heteroatoms. The van der Waals surface area contributed by atoms with Crippen molar-refractivity contribution in [2.24, 2.45) is 0 Å². The molecule has 1 N–H and O–H groups in total. The van der Waals surface area contributed by atoms with Crippen molar-refractivity contribution >= 4 is 40.9 Å². The van der Waals surface area contributed by atoms with Crippen LogP contribution < -0.4 is 5.32 Å². The molecule has 1 fully saturated rings. The Morgan fingerprint density at radius 3 is 2.88 bits per heavy atom. The summed E-state index contributed by atoms with van der Waals surface area (Å²) in [5.41, 5.74) is 1.35. The van der Waals surface area contributed by atoms with E-state index in [1.165, 1.54) is 4.90 Å². The van der Waals surface area contributed by atoms with Gasteiger partial charge in [-0.2, -0.15) is 0 Å². The fourth-order valence-corrected chi connectivity index (χ4v) is 2.14. The summed E-state index contributed by atoms with van der Waals surface area (Å²) in [7, 11) is 0. The largest absolute Gasteiger partial charge is 0.328 e. The predicted molar refractivity (Wildman–Crippen MR) is 72.5 cm³/mol. The van der Waals surface area contributed by atoms with Gasteiger partial charge in [-0.05, 0) is 42.9 Å². The normalized spacial score (nSPS) is 17.8. The van der Waals surface area contributed by atoms with E-state index in [1.54, 1.807) is 18.2 Å². The summed E-state index contributed by atoms with van der Waals surface area (Å²) in [5.74, 6) is -0.0996. The molecule has 2 rings (SSSR count). The maximum Gasteiger partial charge on any atom is 0.276 e. The number of thiocarbonyl (C=S) groups is 1. The zero-order valence-corrected chi connectivity index (χ0v) is 10.8. The van der Waals surface area contributed by atoms with Crippen LogP contribution >= 0.6 is 23.8 Å². The molecule has 0 unspecified atom stereocenters. The van der Waals surface area contributed by atoms with Crippen molar-refractivity contribution in [1.29, 1.82) is 0 Å². The maximum atomic E-state index is 11.9. The molecule has 1 amide bonds. The van der Waals surface area contributed by atoms with Crippen molar-refractivity contribution in [3.8, 4) is 0 Å². The SMILES string of the molecule is CCN1C(=O)/C(=C\c2cccc(Cl)c2)NC1=S. The molecule has 1 saturated heterocycles. The molecule has 1 heterocycles. The number of carbonyl (C=O) groups is 1. The summed E-state index contributed by atoms with van der Waals surface area (Å²) >= 11 is 10.9. The number of carbonyl (C=O) groups excluding carboxylic acids is 1. The van der Waals surface area contributed by atoms with Crippen LogP contribution in [0, 0.1) is 0 Å². The summed E-state index contributed by atoms with van der Waals surface area (Å²) in [5, 5.41) is 3.99. The molecular formula is C12H11ClN2OS. The van der Waals surface area contributed by atoms with Crippen LogP contribution in [0.1, 0.15) is 12.5 Å². The van der Waals surface area contributed by atoms with Gasteiger partial charge in [0.25, 0.3) is 5.91 Å². The first kappa shape index (κ1) is 12.1. The third kappa shape index (κ3) is 2.48. The Morgan fingerprint density at radius 1 is 1.53 bits per heavy atom. The van der Waals surface area contributed by atoms with Crippen LogP contribution in [0.25, 0.3) is 6.08 Å². The molecule has 1 aliphatic heterocycles. The van der Waals surface area contributed by atoms with Gasteiger partial charge in [0.15, 0.2) is 5.11 Å². The molecule has 0 radical (unpaired) electrons. The van der Waals surface area contributed by atoms with Crippen LogP contribution in [0.2, 0.25) is 5.02 Å². The molecule has 0 saturated carbocycles. The van der Waals surface area contributed by atoms with Gasteiger partial charge in [0.1, 0.15) is 5.70 Å². The first-order valence-corrected chi connectivity index (χ1v) is 6.00. The number of amides is 1. The molecule has 17 heavy (non-hydrogen) atoms. The Bertz CT molecular complexity index is 513. The van der Waals surface area contributed by atoms with Crippen LogP contribution in [0.5, 0.6) is 0 Å². The topological polar surface area (TPSA) is 32.3 Å². The van der Waals surface area contributed by atoms with E-state index in [2.05, 4.69) is 5.32 Å². The van der Waals surface area contributed by atoms with Crippen LogP contribution in [-0.4, -0.2) is 22.5 Å². The lowest BCUT2D eigenvalue weighted by Crippen LogP contribution is -2.30. The Morgan fingerprint density at radius 2 is 2.29 bits per heavy atom. The van der Waals surface area contributed by atoms with Crippen LogP contribution in [0.4, 0.5) is 0 Å². The summed E-state index contributed by atoms with van der Waals surface area (Å²) in [6, 6.07) is 7.30. The lowest BCUT2D eigenvalue weighted by molar-refractivity contribution is -0.122. The van der Waals surface area contributed by atoms with E-state index in [1.807, 2.05) is 19.1 Å². The second kappa shape index (κ2) is 4.85. The van der Waals surface area contributed by atoms with Gasteiger partial charge in [-0.3, -0.25) is 9.69 Å². The van der Waals surface area contributed by atoms with Gasteiger partial charge in [-0.25, -0.2) is 0 Å². The monoisotopic (exact) mass is 266 g/mol. The molecule has 1 aromatic carbocycles. The molecule has 88 valence electrons. The lowest BCUT2D eigenvalue weighted by atomic mass is 10.2. The summed E-state index contributed by atoms with van der Waals surface area (Å²) in [4.78, 5) is 13.4. The Labute approximate surface area is 110 Å². The van der Waals surface area contributed by atoms with Gasteiger partial charge < -0.3 is 5.32 Å². The van der Waals surface area contributed by atoms with E-state index in [4.69, 9.17) is 23.8 Å². The van der Waals surface area contributed by atoms with E-state index in [-0.39, 0.29) is 5.91 Å². The third-order valence-corrected chi connectivity index (χ3v) is 3.00. The first-order chi connectivity index (χ1) is 8.11. The van der Waals surface area contributed by atoms with Gasteiger partial charge in [0, 0.05) is 11.6 Å². The van der Waals surface area contributed by atoms with Crippen molar-refractivity contribution in [2.45, 2.75) is 6.92 Å². The number of nitrogens with zero attached hydrogens (tertiary/aromatic N) is 1. The van der Waals surface area contributed by atoms with Crippen molar-refractivity contribution in [3.63, 3.8) is 0 Å². The number of hydrogen-bond donors (Lipinski definition) is 1. The van der Waals surface area contributed by atoms with Crippen molar-refractivity contribution < 1.29 is 4.79 Å². The van der Waals surface area contributed by atoms with Gasteiger partial charge in [0.2, 0.25) is 0 Å². The average Bonchev–Trinajstić information content (AvgIpc) is 2.54. The van der Waals surface area contributed by atoms with Gasteiger partial charge in [-0.15, -0.1) is 0 Å². The molecule has 3 nitrogen and oxygen atoms in total. The van der Waals surface area contributed by atoms with Gasteiger partial charge >= 0.3 is 0 Å². The smallest absolute Gasteiger partial charge is 0.276 e. The van der Waals surface area contributed by atoms with E-state index < -0.39 is 0 Å². The first-order valence-electron chi connectivity index (χ1n) is 5.22. The van der Waals surface area contributed by atoms with Crippen LogP contribution in [0.15, 0.2) is 30.0 Å². The quantitative estimate of drug-likeness (QED) is 0.659. The molecule has 0 aromatic heterocycles. The number of rotatable bonds is 2. The fourth-order valence-electron chi connectivity index (χ4n) is 1.62. The van der Waals surface area contributed by atoms with E-state index >= 15 is 0 Å². The molecule has 0 aliphatic carbocycles. The highest BCUT2D eigenvalue weighted by molar-refractivity contribution is 7.80. The third-order valence-electron chi connectivity index (χ3n) is 2.44. The van der Waals surface area contributed by atoms with E-state index in [9.17, 15) is 4.79 Å². The van der Waals surface area contributed by atoms with Crippen molar-refractivity contribution in [1.82, 2.24) is 10.2 Å². The van der Waals surface area contributed by atoms with Crippen molar-refractivity contribution in [3.05, 3.63) is 40.5 Å². The second-order valence-corrected chi connectivity index (χ2v) is 4.42. The van der Waals surface area contributed by atoms with Gasteiger partial charge in [0.05, 0.1) is 0 Å². The zero-order chi connectivity index (χ0) is 12.4. The number of hydrogen-bond acceptors (Lipinski definition) is 2. The Kier molecular flexibility index (Phi) is 3.45. The minimum atomic E-state index is -0.0996. The summed E-state index contributed by atoms with van der Waals surface area (Å²) in [6.45, 7) is 2.45. The highest BCUT2D eigenvalue weighted by atomic mass is 35.5. The van der Waals surface area contributed by atoms with Crippen molar-refractivity contribution in [2.75, 3.05) is 6.54 Å². The Balaban J connectivity index is 2.30. The molecule has 1 aromatic rings. The predicted octanol–water partition coefficient (Wildman–Crippen LogP) is 2.42. The second-order valence-electron chi connectivity index (χ2n) is 3.59. The minimum Gasteiger partial charge on any atom is -0.328 e. The summed E-state index contributed by atoms with van der Waals surface area (Å²) in [6.07, 6.45) is 1.75. The molecule has 0 spiro atoms. The minimum absolute atomic E-state index is 0.0996. The number of halogens is 1. The lowest BCUT2D eigenvalue weighted by Gasteiger charge is -2.08. The average molecular weight is 267 g/mol. The van der Waals surface area contributed by atoms with Crippen LogP contribution in [-0.2, 0) is 4.79 Å². The summed E-state index contributed by atoms with van der Waals surface area (Å²) < 4.78 is 0.